The molecule has 0 aromatic heterocycles. The molecule has 3 rings (SSSR count). The van der Waals surface area contributed by atoms with Gasteiger partial charge < -0.3 is 16.0 Å². The molecule has 1 heterocycles. The summed E-state index contributed by atoms with van der Waals surface area (Å²) in [7, 11) is 0. The number of halogens is 1. The second-order valence-corrected chi connectivity index (χ2v) is 5.01. The summed E-state index contributed by atoms with van der Waals surface area (Å²) in [5, 5.41) is 17.5. The van der Waals surface area contributed by atoms with E-state index in [-0.39, 0.29) is 18.4 Å². The van der Waals surface area contributed by atoms with Crippen molar-refractivity contribution in [3.63, 3.8) is 0 Å². The van der Waals surface area contributed by atoms with Gasteiger partial charge in [0.2, 0.25) is 0 Å². The summed E-state index contributed by atoms with van der Waals surface area (Å²) in [6.45, 7) is 1.61. The Morgan fingerprint density at radius 2 is 1.88 bits per heavy atom. The maximum Gasteiger partial charge on any atom is 0.323 e. The van der Waals surface area contributed by atoms with Crippen LogP contribution in [-0.2, 0) is 0 Å². The second kappa shape index (κ2) is 7.99. The highest BCUT2D eigenvalue weighted by atomic mass is 35.5. The number of benzene rings is 2. The summed E-state index contributed by atoms with van der Waals surface area (Å²) in [6.07, 6.45) is 0. The van der Waals surface area contributed by atoms with Gasteiger partial charge in [0.1, 0.15) is 5.84 Å². The highest BCUT2D eigenvalue weighted by Gasteiger charge is 2.09. The van der Waals surface area contributed by atoms with Crippen LogP contribution < -0.4 is 16.0 Å². The molecule has 0 fully saturated rings. The lowest BCUT2D eigenvalue weighted by molar-refractivity contribution is 0.262. The maximum absolute atomic E-state index is 12.0. The van der Waals surface area contributed by atoms with Gasteiger partial charge in [0.25, 0.3) is 0 Å². The van der Waals surface area contributed by atoms with E-state index in [9.17, 15) is 4.79 Å². The van der Waals surface area contributed by atoms with E-state index in [1.165, 1.54) is 0 Å². The Hall–Kier alpha value is -3.04. The lowest BCUT2D eigenvalue weighted by Crippen LogP contribution is -2.21. The SMILES string of the molecule is Cl.N#Cc1ccc(NC(=O)Nc2cccc(C3=NCCN3)c2)cc1. The molecule has 0 bridgehead atoms. The summed E-state index contributed by atoms with van der Waals surface area (Å²) in [6, 6.07) is 15.9. The van der Waals surface area contributed by atoms with Crippen molar-refractivity contribution in [2.75, 3.05) is 23.7 Å². The Labute approximate surface area is 146 Å². The third-order valence-electron chi connectivity index (χ3n) is 3.34. The molecule has 1 aliphatic heterocycles. The third-order valence-corrected chi connectivity index (χ3v) is 3.34. The molecule has 0 atom stereocenters. The van der Waals surface area contributed by atoms with E-state index in [4.69, 9.17) is 5.26 Å². The zero-order valence-corrected chi connectivity index (χ0v) is 13.6. The van der Waals surface area contributed by atoms with E-state index < -0.39 is 0 Å². The first-order valence-corrected chi connectivity index (χ1v) is 7.21. The van der Waals surface area contributed by atoms with Gasteiger partial charge in [-0.05, 0) is 36.4 Å². The van der Waals surface area contributed by atoms with E-state index in [0.717, 1.165) is 24.5 Å². The van der Waals surface area contributed by atoms with E-state index >= 15 is 0 Å². The fourth-order valence-corrected chi connectivity index (χ4v) is 2.26. The summed E-state index contributed by atoms with van der Waals surface area (Å²) < 4.78 is 0. The number of carbonyl (C=O) groups excluding carboxylic acids is 1. The van der Waals surface area contributed by atoms with Crippen molar-refractivity contribution in [1.29, 1.82) is 5.26 Å². The molecule has 6 nitrogen and oxygen atoms in total. The van der Waals surface area contributed by atoms with Crippen LogP contribution in [-0.4, -0.2) is 25.0 Å². The average molecular weight is 342 g/mol. The number of amides is 2. The van der Waals surface area contributed by atoms with Crippen molar-refractivity contribution in [3.8, 4) is 6.07 Å². The minimum absolute atomic E-state index is 0. The number of anilines is 2. The predicted molar refractivity (Wildman–Crippen MR) is 96.9 cm³/mol. The molecule has 24 heavy (non-hydrogen) atoms. The van der Waals surface area contributed by atoms with E-state index in [0.29, 0.717) is 16.9 Å². The molecule has 0 unspecified atom stereocenters. The predicted octanol–water partition coefficient (Wildman–Crippen LogP) is 2.97. The van der Waals surface area contributed by atoms with Gasteiger partial charge in [-0.3, -0.25) is 4.99 Å². The number of rotatable bonds is 3. The molecular weight excluding hydrogens is 326 g/mol. The van der Waals surface area contributed by atoms with E-state index in [1.807, 2.05) is 30.3 Å². The van der Waals surface area contributed by atoms with Crippen molar-refractivity contribution in [2.24, 2.45) is 4.99 Å². The standard InChI is InChI=1S/C17H15N5O.ClH/c18-11-12-4-6-14(7-5-12)21-17(23)22-15-3-1-2-13(10-15)16-19-8-9-20-16;/h1-7,10H,8-9H2,(H,19,20)(H2,21,22,23);1H. The molecular formula is C17H16ClN5O. The summed E-state index contributed by atoms with van der Waals surface area (Å²) in [4.78, 5) is 16.4. The highest BCUT2D eigenvalue weighted by Crippen LogP contribution is 2.14. The van der Waals surface area contributed by atoms with Crippen LogP contribution in [0.3, 0.4) is 0 Å². The number of nitrogens with zero attached hydrogens (tertiary/aromatic N) is 2. The monoisotopic (exact) mass is 341 g/mol. The van der Waals surface area contributed by atoms with Crippen molar-refractivity contribution >= 4 is 35.6 Å². The number of nitriles is 1. The number of carbonyl (C=O) groups is 1. The first-order chi connectivity index (χ1) is 11.2. The highest BCUT2D eigenvalue weighted by molar-refractivity contribution is 6.03. The average Bonchev–Trinajstić information content (AvgIpc) is 3.10. The van der Waals surface area contributed by atoms with Gasteiger partial charge in [-0.25, -0.2) is 4.79 Å². The number of hydrogen-bond donors (Lipinski definition) is 3. The minimum Gasteiger partial charge on any atom is -0.368 e. The van der Waals surface area contributed by atoms with Gasteiger partial charge in [-0.1, -0.05) is 12.1 Å². The number of nitrogens with one attached hydrogen (secondary N) is 3. The van der Waals surface area contributed by atoms with Crippen LogP contribution in [0.2, 0.25) is 0 Å². The fraction of sp³-hybridized carbons (Fsp3) is 0.118. The van der Waals surface area contributed by atoms with E-state index in [1.54, 1.807) is 24.3 Å². The van der Waals surface area contributed by atoms with Gasteiger partial charge in [-0.2, -0.15) is 5.26 Å². The van der Waals surface area contributed by atoms with Crippen molar-refractivity contribution in [1.82, 2.24) is 5.32 Å². The van der Waals surface area contributed by atoms with Crippen molar-refractivity contribution < 1.29 is 4.79 Å². The first kappa shape index (κ1) is 17.3. The van der Waals surface area contributed by atoms with Gasteiger partial charge in [0.15, 0.2) is 0 Å². The molecule has 0 saturated heterocycles. The van der Waals surface area contributed by atoms with Crippen LogP contribution in [0.25, 0.3) is 0 Å². The second-order valence-electron chi connectivity index (χ2n) is 5.01. The van der Waals surface area contributed by atoms with Crippen LogP contribution in [0, 0.1) is 11.3 Å². The maximum atomic E-state index is 12.0. The normalized spacial score (nSPS) is 12.2. The topological polar surface area (TPSA) is 89.3 Å². The van der Waals surface area contributed by atoms with Gasteiger partial charge in [0.05, 0.1) is 18.2 Å². The number of aliphatic imine (C=N–C) groups is 1. The zero-order chi connectivity index (χ0) is 16.1. The molecule has 1 aliphatic rings. The van der Waals surface area contributed by atoms with Gasteiger partial charge in [-0.15, -0.1) is 12.4 Å². The molecule has 2 aromatic rings. The lowest BCUT2D eigenvalue weighted by Gasteiger charge is -2.09. The smallest absolute Gasteiger partial charge is 0.323 e. The largest absolute Gasteiger partial charge is 0.368 e. The Morgan fingerprint density at radius 1 is 1.12 bits per heavy atom. The van der Waals surface area contributed by atoms with Crippen LogP contribution in [0.15, 0.2) is 53.5 Å². The Balaban J connectivity index is 0.00000208. The number of amidine groups is 1. The lowest BCUT2D eigenvalue weighted by atomic mass is 10.2. The fourth-order valence-electron chi connectivity index (χ4n) is 2.26. The number of hydrogen-bond acceptors (Lipinski definition) is 4. The summed E-state index contributed by atoms with van der Waals surface area (Å²) in [5.41, 5.74) is 2.80. The molecule has 0 aliphatic carbocycles. The quantitative estimate of drug-likeness (QED) is 0.801. The molecule has 2 aromatic carbocycles. The van der Waals surface area contributed by atoms with Crippen LogP contribution in [0.4, 0.5) is 16.2 Å². The van der Waals surface area contributed by atoms with Crippen molar-refractivity contribution in [3.05, 3.63) is 59.7 Å². The molecule has 2 amide bonds. The van der Waals surface area contributed by atoms with Gasteiger partial charge >= 0.3 is 6.03 Å². The number of urea groups is 1. The molecule has 122 valence electrons. The van der Waals surface area contributed by atoms with Crippen LogP contribution >= 0.6 is 12.4 Å². The molecule has 0 radical (unpaired) electrons. The first-order valence-electron chi connectivity index (χ1n) is 7.21. The Bertz CT molecular complexity index is 795. The third kappa shape index (κ3) is 4.24. The summed E-state index contributed by atoms with van der Waals surface area (Å²) >= 11 is 0. The van der Waals surface area contributed by atoms with Crippen LogP contribution in [0.1, 0.15) is 11.1 Å². The van der Waals surface area contributed by atoms with E-state index in [2.05, 4.69) is 20.9 Å². The Morgan fingerprint density at radius 3 is 2.54 bits per heavy atom. The Kier molecular flexibility index (Phi) is 5.77. The zero-order valence-electron chi connectivity index (χ0n) is 12.7. The van der Waals surface area contributed by atoms with Crippen LogP contribution in [0.5, 0.6) is 0 Å². The molecule has 3 N–H and O–H groups in total. The van der Waals surface area contributed by atoms with Gasteiger partial charge in [0, 0.05) is 23.5 Å². The molecule has 7 heteroatoms. The minimum atomic E-state index is -0.340. The molecule has 0 saturated carbocycles. The summed E-state index contributed by atoms with van der Waals surface area (Å²) in [5.74, 6) is 0.848. The molecule has 0 spiro atoms. The van der Waals surface area contributed by atoms with Crippen molar-refractivity contribution in [2.45, 2.75) is 0 Å².